The lowest BCUT2D eigenvalue weighted by atomic mass is 10.3. The Hall–Kier alpha value is -1.06. The maximum absolute atomic E-state index is 4.96. The third kappa shape index (κ3) is 2.53. The van der Waals surface area contributed by atoms with E-state index < -0.39 is 0 Å². The Morgan fingerprint density at radius 1 is 1.50 bits per heavy atom. The van der Waals surface area contributed by atoms with Gasteiger partial charge in [0.1, 0.15) is 0 Å². The molecule has 1 rings (SSSR count). The van der Waals surface area contributed by atoms with Crippen LogP contribution in [0.1, 0.15) is 33.0 Å². The molecule has 0 aliphatic carbocycles. The van der Waals surface area contributed by atoms with Gasteiger partial charge in [0.2, 0.25) is 0 Å². The van der Waals surface area contributed by atoms with Gasteiger partial charge in [-0.1, -0.05) is 12.1 Å². The summed E-state index contributed by atoms with van der Waals surface area (Å²) in [4.78, 5) is 4.15. The first-order valence-corrected chi connectivity index (χ1v) is 4.31. The Kier molecular flexibility index (Phi) is 3.08. The van der Waals surface area contributed by atoms with Crippen LogP contribution in [0.4, 0.5) is 6.01 Å². The molecule has 1 heterocycles. The summed E-state index contributed by atoms with van der Waals surface area (Å²) in [6, 6.07) is 0.855. The molecule has 1 aromatic heterocycles. The molecule has 0 aliphatic rings. The van der Waals surface area contributed by atoms with E-state index in [0.29, 0.717) is 12.1 Å². The number of rotatable bonds is 4. The monoisotopic (exact) mass is 169 g/mol. The molecule has 12 heavy (non-hydrogen) atoms. The minimum absolute atomic E-state index is 0.333. The molecule has 0 atom stereocenters. The normalized spacial score (nSPS) is 10.7. The molecule has 0 bridgehead atoms. The van der Waals surface area contributed by atoms with E-state index in [9.17, 15) is 0 Å². The van der Waals surface area contributed by atoms with Gasteiger partial charge in [0.25, 0.3) is 0 Å². The Morgan fingerprint density at radius 3 is 2.83 bits per heavy atom. The summed E-state index contributed by atoms with van der Waals surface area (Å²) in [6.45, 7) is 6.15. The zero-order valence-corrected chi connectivity index (χ0v) is 7.79. The molecular weight excluding hydrogens is 154 g/mol. The van der Waals surface area contributed by atoms with Crippen LogP contribution in [0.2, 0.25) is 0 Å². The average Bonchev–Trinajstić information content (AvgIpc) is 2.36. The van der Waals surface area contributed by atoms with E-state index in [1.807, 2.05) is 13.8 Å². The first kappa shape index (κ1) is 9.03. The van der Waals surface area contributed by atoms with Crippen molar-refractivity contribution in [1.82, 2.24) is 10.1 Å². The van der Waals surface area contributed by atoms with E-state index in [0.717, 1.165) is 18.7 Å². The van der Waals surface area contributed by atoms with E-state index in [2.05, 4.69) is 22.4 Å². The molecule has 0 amide bonds. The minimum atomic E-state index is 0.333. The maximum Gasteiger partial charge on any atom is 0.321 e. The second-order valence-electron chi connectivity index (χ2n) is 3.06. The van der Waals surface area contributed by atoms with E-state index in [1.165, 1.54) is 0 Å². The standard InChI is InChI=1S/C8H15N3O/c1-4-5-7-10-8(12-11-7)9-6(2)3/h6H,4-5H2,1-3H3,(H,9,10,11). The number of hydrogen-bond acceptors (Lipinski definition) is 4. The van der Waals surface area contributed by atoms with Crippen LogP contribution in [-0.2, 0) is 6.42 Å². The summed E-state index contributed by atoms with van der Waals surface area (Å²) in [5, 5.41) is 6.85. The first-order valence-electron chi connectivity index (χ1n) is 4.31. The first-order chi connectivity index (χ1) is 5.72. The van der Waals surface area contributed by atoms with Crippen molar-refractivity contribution in [3.63, 3.8) is 0 Å². The highest BCUT2D eigenvalue weighted by Gasteiger charge is 2.04. The van der Waals surface area contributed by atoms with Crippen molar-refractivity contribution in [1.29, 1.82) is 0 Å². The van der Waals surface area contributed by atoms with Gasteiger partial charge < -0.3 is 9.84 Å². The number of aryl methyl sites for hydroxylation is 1. The lowest BCUT2D eigenvalue weighted by Gasteiger charge is -2.01. The van der Waals surface area contributed by atoms with Crippen molar-refractivity contribution in [2.45, 2.75) is 39.7 Å². The Bertz CT molecular complexity index is 232. The molecule has 0 radical (unpaired) electrons. The van der Waals surface area contributed by atoms with Gasteiger partial charge in [0.15, 0.2) is 5.82 Å². The fourth-order valence-electron chi connectivity index (χ4n) is 0.885. The van der Waals surface area contributed by atoms with Crippen LogP contribution < -0.4 is 5.32 Å². The molecule has 1 aromatic rings. The summed E-state index contributed by atoms with van der Waals surface area (Å²) in [5.41, 5.74) is 0. The van der Waals surface area contributed by atoms with Crippen LogP contribution in [0.3, 0.4) is 0 Å². The number of nitrogens with one attached hydrogen (secondary N) is 1. The Labute approximate surface area is 72.4 Å². The summed E-state index contributed by atoms with van der Waals surface area (Å²) in [5.74, 6) is 0.778. The van der Waals surface area contributed by atoms with Gasteiger partial charge >= 0.3 is 6.01 Å². The van der Waals surface area contributed by atoms with Crippen LogP contribution in [0.15, 0.2) is 4.52 Å². The van der Waals surface area contributed by atoms with Gasteiger partial charge in [0, 0.05) is 12.5 Å². The van der Waals surface area contributed by atoms with Crippen molar-refractivity contribution in [2.75, 3.05) is 5.32 Å². The molecular formula is C8H15N3O. The molecule has 1 N–H and O–H groups in total. The molecule has 0 saturated heterocycles. The summed E-state index contributed by atoms with van der Waals surface area (Å²) in [7, 11) is 0. The predicted molar refractivity (Wildman–Crippen MR) is 47.1 cm³/mol. The van der Waals surface area contributed by atoms with Crippen LogP contribution in [0.5, 0.6) is 0 Å². The molecule has 0 aromatic carbocycles. The van der Waals surface area contributed by atoms with Crippen LogP contribution in [0.25, 0.3) is 0 Å². The minimum Gasteiger partial charge on any atom is -0.336 e. The molecule has 0 aliphatic heterocycles. The van der Waals surface area contributed by atoms with Crippen molar-refractivity contribution in [3.05, 3.63) is 5.82 Å². The molecule has 0 saturated carbocycles. The lowest BCUT2D eigenvalue weighted by Crippen LogP contribution is -2.09. The molecule has 4 heteroatoms. The third-order valence-corrected chi connectivity index (χ3v) is 1.35. The second-order valence-corrected chi connectivity index (χ2v) is 3.06. The number of anilines is 1. The average molecular weight is 169 g/mol. The van der Waals surface area contributed by atoms with Gasteiger partial charge in [0.05, 0.1) is 0 Å². The zero-order chi connectivity index (χ0) is 8.97. The van der Waals surface area contributed by atoms with Crippen LogP contribution in [-0.4, -0.2) is 16.2 Å². The summed E-state index contributed by atoms with van der Waals surface area (Å²) < 4.78 is 4.96. The number of hydrogen-bond donors (Lipinski definition) is 1. The second kappa shape index (κ2) is 4.09. The molecule has 68 valence electrons. The smallest absolute Gasteiger partial charge is 0.321 e. The largest absolute Gasteiger partial charge is 0.336 e. The highest BCUT2D eigenvalue weighted by Crippen LogP contribution is 2.05. The van der Waals surface area contributed by atoms with Crippen molar-refractivity contribution in [3.8, 4) is 0 Å². The quantitative estimate of drug-likeness (QED) is 0.747. The van der Waals surface area contributed by atoms with Crippen molar-refractivity contribution < 1.29 is 4.52 Å². The summed E-state index contributed by atoms with van der Waals surface area (Å²) in [6.07, 6.45) is 1.92. The van der Waals surface area contributed by atoms with E-state index >= 15 is 0 Å². The Balaban J connectivity index is 2.52. The predicted octanol–water partition coefficient (Wildman–Crippen LogP) is 1.84. The summed E-state index contributed by atoms with van der Waals surface area (Å²) >= 11 is 0. The lowest BCUT2D eigenvalue weighted by molar-refractivity contribution is 0.420. The van der Waals surface area contributed by atoms with E-state index in [4.69, 9.17) is 4.52 Å². The fourth-order valence-corrected chi connectivity index (χ4v) is 0.885. The topological polar surface area (TPSA) is 51.0 Å². The fraction of sp³-hybridized carbons (Fsp3) is 0.750. The highest BCUT2D eigenvalue weighted by molar-refractivity contribution is 5.19. The van der Waals surface area contributed by atoms with Crippen molar-refractivity contribution >= 4 is 6.01 Å². The molecule has 0 unspecified atom stereocenters. The number of aromatic nitrogens is 2. The third-order valence-electron chi connectivity index (χ3n) is 1.35. The van der Waals surface area contributed by atoms with Gasteiger partial charge in [-0.25, -0.2) is 0 Å². The van der Waals surface area contributed by atoms with Crippen LogP contribution in [0, 0.1) is 0 Å². The molecule has 0 fully saturated rings. The zero-order valence-electron chi connectivity index (χ0n) is 7.79. The Morgan fingerprint density at radius 2 is 2.25 bits per heavy atom. The SMILES string of the molecule is CCCc1noc(NC(C)C)n1. The van der Waals surface area contributed by atoms with Gasteiger partial charge in [-0.15, -0.1) is 0 Å². The highest BCUT2D eigenvalue weighted by atomic mass is 16.5. The maximum atomic E-state index is 4.96. The van der Waals surface area contributed by atoms with Gasteiger partial charge in [-0.3, -0.25) is 0 Å². The van der Waals surface area contributed by atoms with E-state index in [1.54, 1.807) is 0 Å². The van der Waals surface area contributed by atoms with E-state index in [-0.39, 0.29) is 0 Å². The van der Waals surface area contributed by atoms with Gasteiger partial charge in [-0.05, 0) is 20.3 Å². The van der Waals surface area contributed by atoms with Gasteiger partial charge in [-0.2, -0.15) is 4.98 Å². The molecule has 0 spiro atoms. The van der Waals surface area contributed by atoms with Crippen molar-refractivity contribution in [2.24, 2.45) is 0 Å². The molecule has 4 nitrogen and oxygen atoms in total. The number of nitrogens with zero attached hydrogens (tertiary/aromatic N) is 2. The van der Waals surface area contributed by atoms with Crippen LogP contribution >= 0.6 is 0 Å².